The summed E-state index contributed by atoms with van der Waals surface area (Å²) >= 11 is 0. The molecule has 3 rings (SSSR count). The van der Waals surface area contributed by atoms with E-state index in [1.807, 2.05) is 0 Å². The van der Waals surface area contributed by atoms with Crippen LogP contribution in [0.5, 0.6) is 5.88 Å². The largest absolute Gasteiger partial charge is 0.416 e. The standard InChI is InChI=1S/C12H13N5O2/c18-12(17-5-3-13-4-6-17)19-11-9-1-2-14-7-10(9)15-8-16-11/h1-2,7-8,13H,3-6H2. The molecule has 3 heterocycles. The average molecular weight is 259 g/mol. The lowest BCUT2D eigenvalue weighted by molar-refractivity contribution is 0.144. The van der Waals surface area contributed by atoms with Gasteiger partial charge in [-0.2, -0.15) is 0 Å². The van der Waals surface area contributed by atoms with Gasteiger partial charge in [0, 0.05) is 32.4 Å². The second kappa shape index (κ2) is 5.15. The van der Waals surface area contributed by atoms with Crippen LogP contribution in [-0.2, 0) is 0 Å². The second-order valence-electron chi connectivity index (χ2n) is 4.18. The number of aromatic nitrogens is 3. The Balaban J connectivity index is 1.82. The maximum absolute atomic E-state index is 12.0. The minimum Gasteiger partial charge on any atom is -0.390 e. The highest BCUT2D eigenvalue weighted by Gasteiger charge is 2.19. The maximum atomic E-state index is 12.0. The van der Waals surface area contributed by atoms with Crippen molar-refractivity contribution in [2.45, 2.75) is 0 Å². The van der Waals surface area contributed by atoms with Crippen LogP contribution >= 0.6 is 0 Å². The van der Waals surface area contributed by atoms with Crippen molar-refractivity contribution in [2.75, 3.05) is 26.2 Å². The third-order valence-electron chi connectivity index (χ3n) is 2.96. The summed E-state index contributed by atoms with van der Waals surface area (Å²) in [5.41, 5.74) is 0.653. The van der Waals surface area contributed by atoms with Crippen molar-refractivity contribution >= 4 is 17.0 Å². The third kappa shape index (κ3) is 2.45. The second-order valence-corrected chi connectivity index (χ2v) is 4.18. The normalized spacial score (nSPS) is 15.5. The lowest BCUT2D eigenvalue weighted by Crippen LogP contribution is -2.47. The molecular weight excluding hydrogens is 246 g/mol. The molecular formula is C12H13N5O2. The molecule has 0 spiro atoms. The van der Waals surface area contributed by atoms with Crippen molar-refractivity contribution in [2.24, 2.45) is 0 Å². The van der Waals surface area contributed by atoms with Gasteiger partial charge < -0.3 is 15.0 Å². The summed E-state index contributed by atoms with van der Waals surface area (Å²) in [5.74, 6) is 0.274. The zero-order valence-corrected chi connectivity index (χ0v) is 10.2. The lowest BCUT2D eigenvalue weighted by Gasteiger charge is -2.26. The number of carbonyl (C=O) groups is 1. The van der Waals surface area contributed by atoms with E-state index >= 15 is 0 Å². The van der Waals surface area contributed by atoms with Gasteiger partial charge in [0.05, 0.1) is 17.1 Å². The van der Waals surface area contributed by atoms with Crippen LogP contribution in [0.3, 0.4) is 0 Å². The molecule has 98 valence electrons. The van der Waals surface area contributed by atoms with Gasteiger partial charge in [0.1, 0.15) is 6.33 Å². The fourth-order valence-electron chi connectivity index (χ4n) is 1.96. The van der Waals surface area contributed by atoms with Crippen molar-refractivity contribution in [3.05, 3.63) is 24.8 Å². The Bertz CT molecular complexity index is 592. The van der Waals surface area contributed by atoms with Gasteiger partial charge in [0.25, 0.3) is 0 Å². The number of piperazine rings is 1. The number of hydrogen-bond donors (Lipinski definition) is 1. The maximum Gasteiger partial charge on any atom is 0.416 e. The van der Waals surface area contributed by atoms with E-state index in [0.29, 0.717) is 24.0 Å². The van der Waals surface area contributed by atoms with Gasteiger partial charge in [-0.05, 0) is 6.07 Å². The van der Waals surface area contributed by atoms with Crippen LogP contribution < -0.4 is 10.1 Å². The van der Waals surface area contributed by atoms with Gasteiger partial charge in [0.15, 0.2) is 0 Å². The smallest absolute Gasteiger partial charge is 0.390 e. The predicted octanol–water partition coefficient (Wildman–Crippen LogP) is 0.429. The fraction of sp³-hybridized carbons (Fsp3) is 0.333. The summed E-state index contributed by atoms with van der Waals surface area (Å²) < 4.78 is 5.35. The van der Waals surface area contributed by atoms with E-state index in [4.69, 9.17) is 4.74 Å². The Hall–Kier alpha value is -2.28. The van der Waals surface area contributed by atoms with E-state index in [1.165, 1.54) is 6.33 Å². The highest BCUT2D eigenvalue weighted by molar-refractivity contribution is 5.84. The van der Waals surface area contributed by atoms with Gasteiger partial charge in [-0.25, -0.2) is 14.8 Å². The minimum absolute atomic E-state index is 0.274. The summed E-state index contributed by atoms with van der Waals surface area (Å²) in [6, 6.07) is 1.73. The van der Waals surface area contributed by atoms with Gasteiger partial charge in [0.2, 0.25) is 5.88 Å². The number of nitrogens with zero attached hydrogens (tertiary/aromatic N) is 4. The number of amides is 1. The number of hydrogen-bond acceptors (Lipinski definition) is 6. The topological polar surface area (TPSA) is 80.2 Å². The molecule has 1 aliphatic rings. The predicted molar refractivity (Wildman–Crippen MR) is 67.8 cm³/mol. The lowest BCUT2D eigenvalue weighted by atomic mass is 10.3. The monoisotopic (exact) mass is 259 g/mol. The number of ether oxygens (including phenoxy) is 1. The van der Waals surface area contributed by atoms with Gasteiger partial charge in [-0.1, -0.05) is 0 Å². The molecule has 0 aliphatic carbocycles. The molecule has 0 unspecified atom stereocenters. The van der Waals surface area contributed by atoms with Crippen LogP contribution in [-0.4, -0.2) is 52.1 Å². The van der Waals surface area contributed by atoms with E-state index in [9.17, 15) is 4.79 Å². The number of pyridine rings is 1. The highest BCUT2D eigenvalue weighted by atomic mass is 16.6. The quantitative estimate of drug-likeness (QED) is 0.800. The third-order valence-corrected chi connectivity index (χ3v) is 2.96. The zero-order valence-electron chi connectivity index (χ0n) is 10.2. The number of fused-ring (bicyclic) bond motifs is 1. The Kier molecular flexibility index (Phi) is 3.20. The minimum atomic E-state index is -0.377. The molecule has 2 aromatic heterocycles. The van der Waals surface area contributed by atoms with Crippen LogP contribution in [0, 0.1) is 0 Å². The summed E-state index contributed by atoms with van der Waals surface area (Å²) in [6.07, 6.45) is 4.22. The Labute approximate surface area is 109 Å². The van der Waals surface area contributed by atoms with Crippen molar-refractivity contribution < 1.29 is 9.53 Å². The molecule has 0 bridgehead atoms. The SMILES string of the molecule is O=C(Oc1ncnc2cnccc12)N1CCNCC1. The molecule has 7 nitrogen and oxygen atoms in total. The van der Waals surface area contributed by atoms with Crippen LogP contribution in [0.2, 0.25) is 0 Å². The van der Waals surface area contributed by atoms with Crippen molar-refractivity contribution in [3.8, 4) is 5.88 Å². The Morgan fingerprint density at radius 1 is 1.32 bits per heavy atom. The molecule has 2 aromatic rings. The average Bonchev–Trinajstić information content (AvgIpc) is 2.48. The molecule has 1 N–H and O–H groups in total. The molecule has 1 aliphatic heterocycles. The van der Waals surface area contributed by atoms with E-state index in [0.717, 1.165) is 13.1 Å². The summed E-state index contributed by atoms with van der Waals surface area (Å²) in [6.45, 7) is 2.85. The fourth-order valence-corrected chi connectivity index (χ4v) is 1.96. The molecule has 7 heteroatoms. The highest BCUT2D eigenvalue weighted by Crippen LogP contribution is 2.20. The first-order chi connectivity index (χ1) is 9.34. The van der Waals surface area contributed by atoms with Crippen molar-refractivity contribution in [1.82, 2.24) is 25.2 Å². The van der Waals surface area contributed by atoms with Gasteiger partial charge >= 0.3 is 6.09 Å². The van der Waals surface area contributed by atoms with E-state index in [2.05, 4.69) is 20.3 Å². The molecule has 0 atom stereocenters. The molecule has 1 saturated heterocycles. The van der Waals surface area contributed by atoms with E-state index < -0.39 is 0 Å². The van der Waals surface area contributed by atoms with Gasteiger partial charge in [-0.15, -0.1) is 0 Å². The van der Waals surface area contributed by atoms with Crippen LogP contribution in [0.4, 0.5) is 4.79 Å². The summed E-state index contributed by atoms with van der Waals surface area (Å²) in [5, 5.41) is 3.86. The molecule has 0 aromatic carbocycles. The Morgan fingerprint density at radius 3 is 3.00 bits per heavy atom. The molecule has 1 fully saturated rings. The van der Waals surface area contributed by atoms with Gasteiger partial charge in [-0.3, -0.25) is 4.98 Å². The number of carbonyl (C=O) groups excluding carboxylic acids is 1. The molecule has 0 radical (unpaired) electrons. The van der Waals surface area contributed by atoms with Crippen molar-refractivity contribution in [1.29, 1.82) is 0 Å². The van der Waals surface area contributed by atoms with Crippen LogP contribution in [0.15, 0.2) is 24.8 Å². The number of nitrogens with one attached hydrogen (secondary N) is 1. The first-order valence-electron chi connectivity index (χ1n) is 6.07. The van der Waals surface area contributed by atoms with Crippen LogP contribution in [0.1, 0.15) is 0 Å². The molecule has 19 heavy (non-hydrogen) atoms. The van der Waals surface area contributed by atoms with E-state index in [1.54, 1.807) is 23.4 Å². The van der Waals surface area contributed by atoms with E-state index in [-0.39, 0.29) is 12.0 Å². The number of rotatable bonds is 1. The molecule has 0 saturated carbocycles. The molecule has 1 amide bonds. The Morgan fingerprint density at radius 2 is 2.16 bits per heavy atom. The summed E-state index contributed by atoms with van der Waals surface area (Å²) in [7, 11) is 0. The summed E-state index contributed by atoms with van der Waals surface area (Å²) in [4.78, 5) is 25.7. The first-order valence-corrected chi connectivity index (χ1v) is 6.07. The van der Waals surface area contributed by atoms with Crippen LogP contribution in [0.25, 0.3) is 10.9 Å². The first kappa shape index (κ1) is 11.8. The zero-order chi connectivity index (χ0) is 13.1. The van der Waals surface area contributed by atoms with Crippen molar-refractivity contribution in [3.63, 3.8) is 0 Å².